The molecule has 3 aromatic carbocycles. The number of hydrogen-bond donors (Lipinski definition) is 4. The van der Waals surface area contributed by atoms with Crippen molar-refractivity contribution in [2.24, 2.45) is 5.92 Å². The molecule has 3 aromatic rings. The van der Waals surface area contributed by atoms with Gasteiger partial charge in [-0.05, 0) is 53.8 Å². The van der Waals surface area contributed by atoms with E-state index in [-0.39, 0.29) is 19.8 Å². The molecular weight excluding hydrogens is 607 g/mol. The topological polar surface area (TPSA) is 126 Å². The standard InChI is InChI=1S/C33H40Cl2N2O7/c1-42-28-16-12-25(13-17-28)32(24-10-6-5-7-11-24,26-14-18-29(43-2)19-15-26)44-23-27(33(34,35)30(39)40)22-37-31(41)36-20-8-3-4-9-21-38/h5-7,10-19,27,38H,3-4,8-9,20-23H2,1-2H3,(H,39,40)(H2,36,37,41). The van der Waals surface area contributed by atoms with E-state index in [2.05, 4.69) is 10.6 Å². The summed E-state index contributed by atoms with van der Waals surface area (Å²) in [5, 5.41) is 24.3. The first-order valence-electron chi connectivity index (χ1n) is 14.4. The predicted molar refractivity (Wildman–Crippen MR) is 171 cm³/mol. The Bertz CT molecular complexity index is 1260. The summed E-state index contributed by atoms with van der Waals surface area (Å²) in [7, 11) is 3.16. The van der Waals surface area contributed by atoms with Crippen molar-refractivity contribution in [3.63, 3.8) is 0 Å². The highest BCUT2D eigenvalue weighted by molar-refractivity contribution is 6.57. The number of benzene rings is 3. The first kappa shape index (κ1) is 35.0. The number of nitrogens with one attached hydrogen (secondary N) is 2. The van der Waals surface area contributed by atoms with Gasteiger partial charge in [0.15, 0.2) is 0 Å². The van der Waals surface area contributed by atoms with Gasteiger partial charge in [0, 0.05) is 25.6 Å². The molecule has 0 saturated carbocycles. The quantitative estimate of drug-likeness (QED) is 0.0789. The van der Waals surface area contributed by atoms with E-state index in [0.717, 1.165) is 36.0 Å². The zero-order valence-corrected chi connectivity index (χ0v) is 26.4. The Labute approximate surface area is 268 Å². The molecule has 9 nitrogen and oxygen atoms in total. The smallest absolute Gasteiger partial charge is 0.340 e. The van der Waals surface area contributed by atoms with Gasteiger partial charge in [0.1, 0.15) is 17.1 Å². The Morgan fingerprint density at radius 3 is 1.80 bits per heavy atom. The average molecular weight is 648 g/mol. The van der Waals surface area contributed by atoms with Gasteiger partial charge in [-0.2, -0.15) is 0 Å². The molecule has 238 valence electrons. The van der Waals surface area contributed by atoms with E-state index in [1.165, 1.54) is 0 Å². The van der Waals surface area contributed by atoms with E-state index in [0.29, 0.717) is 24.5 Å². The SMILES string of the molecule is COc1ccc(C(OCC(CNC(=O)NCCCCCCO)C(Cl)(Cl)C(=O)O)(c2ccccc2)c2ccc(OC)cc2)cc1. The summed E-state index contributed by atoms with van der Waals surface area (Å²) >= 11 is 12.8. The number of aliphatic hydroxyl groups is 1. The maximum atomic E-state index is 12.6. The number of methoxy groups -OCH3 is 2. The van der Waals surface area contributed by atoms with Gasteiger partial charge in [-0.1, -0.05) is 90.6 Å². The molecule has 3 rings (SSSR count). The van der Waals surface area contributed by atoms with Gasteiger partial charge in [0.05, 0.1) is 20.8 Å². The second kappa shape index (κ2) is 17.1. The second-order valence-corrected chi connectivity index (χ2v) is 11.6. The van der Waals surface area contributed by atoms with E-state index in [1.807, 2.05) is 78.9 Å². The van der Waals surface area contributed by atoms with E-state index in [9.17, 15) is 14.7 Å². The lowest BCUT2D eigenvalue weighted by molar-refractivity contribution is -0.140. The number of alkyl halides is 2. The van der Waals surface area contributed by atoms with Crippen LogP contribution in [-0.2, 0) is 15.1 Å². The summed E-state index contributed by atoms with van der Waals surface area (Å²) in [6, 6.07) is 23.8. The van der Waals surface area contributed by atoms with Crippen LogP contribution in [0, 0.1) is 5.92 Å². The van der Waals surface area contributed by atoms with Crippen LogP contribution >= 0.6 is 23.2 Å². The van der Waals surface area contributed by atoms with Crippen molar-refractivity contribution in [2.45, 2.75) is 35.6 Å². The van der Waals surface area contributed by atoms with Gasteiger partial charge < -0.3 is 35.1 Å². The van der Waals surface area contributed by atoms with E-state index in [4.69, 9.17) is 42.5 Å². The number of carboxylic acids is 1. The molecule has 44 heavy (non-hydrogen) atoms. The van der Waals surface area contributed by atoms with Crippen LogP contribution in [0.1, 0.15) is 42.4 Å². The van der Waals surface area contributed by atoms with Gasteiger partial charge in [0.2, 0.25) is 4.33 Å². The van der Waals surface area contributed by atoms with Crippen LogP contribution in [-0.4, -0.2) is 67.1 Å². The molecule has 0 aromatic heterocycles. The Morgan fingerprint density at radius 1 is 0.773 bits per heavy atom. The van der Waals surface area contributed by atoms with E-state index >= 15 is 0 Å². The summed E-state index contributed by atoms with van der Waals surface area (Å²) in [5.74, 6) is -1.21. The maximum absolute atomic E-state index is 12.6. The fourth-order valence-electron chi connectivity index (χ4n) is 4.84. The lowest BCUT2D eigenvalue weighted by Crippen LogP contribution is -2.48. The normalized spacial score (nSPS) is 12.3. The molecular formula is C33H40Cl2N2O7. The minimum Gasteiger partial charge on any atom is -0.497 e. The van der Waals surface area contributed by atoms with Crippen LogP contribution < -0.4 is 20.1 Å². The van der Waals surface area contributed by atoms with Gasteiger partial charge >= 0.3 is 12.0 Å². The third kappa shape index (κ3) is 9.01. The zero-order valence-electron chi connectivity index (χ0n) is 24.9. The van der Waals surface area contributed by atoms with Crippen LogP contribution in [0.4, 0.5) is 4.79 Å². The number of aliphatic carboxylic acids is 1. The largest absolute Gasteiger partial charge is 0.497 e. The molecule has 4 N–H and O–H groups in total. The average Bonchev–Trinajstić information content (AvgIpc) is 3.05. The number of hydrogen-bond acceptors (Lipinski definition) is 6. The van der Waals surface area contributed by atoms with E-state index in [1.54, 1.807) is 14.2 Å². The number of carbonyl (C=O) groups excluding carboxylic acids is 1. The van der Waals surface area contributed by atoms with Gasteiger partial charge in [-0.15, -0.1) is 0 Å². The molecule has 1 atom stereocenters. The minimum atomic E-state index is -2.28. The van der Waals surface area contributed by atoms with Gasteiger partial charge in [-0.25, -0.2) is 9.59 Å². The maximum Gasteiger partial charge on any atom is 0.340 e. The molecule has 2 amide bonds. The Balaban J connectivity index is 1.96. The first-order chi connectivity index (χ1) is 21.2. The van der Waals surface area contributed by atoms with Crippen molar-refractivity contribution >= 4 is 35.2 Å². The van der Waals surface area contributed by atoms with Gasteiger partial charge in [-0.3, -0.25) is 0 Å². The number of urea groups is 1. The van der Waals surface area contributed by atoms with Crippen molar-refractivity contribution in [3.05, 3.63) is 95.6 Å². The van der Waals surface area contributed by atoms with Crippen LogP contribution in [0.2, 0.25) is 0 Å². The molecule has 0 bridgehead atoms. The number of carbonyl (C=O) groups is 2. The Hall–Kier alpha value is -3.50. The summed E-state index contributed by atoms with van der Waals surface area (Å²) in [4.78, 5) is 24.7. The molecule has 0 saturated heterocycles. The predicted octanol–water partition coefficient (Wildman–Crippen LogP) is 5.74. The highest BCUT2D eigenvalue weighted by Crippen LogP contribution is 2.43. The Morgan fingerprint density at radius 2 is 1.30 bits per heavy atom. The summed E-state index contributed by atoms with van der Waals surface area (Å²) in [6.07, 6.45) is 3.19. The summed E-state index contributed by atoms with van der Waals surface area (Å²) in [5.41, 5.74) is 1.01. The number of carboxylic acid groups (broad SMARTS) is 1. The molecule has 0 spiro atoms. The fraction of sp³-hybridized carbons (Fsp3) is 0.394. The number of halogens is 2. The molecule has 0 heterocycles. The molecule has 11 heteroatoms. The minimum absolute atomic E-state index is 0.141. The highest BCUT2D eigenvalue weighted by Gasteiger charge is 2.46. The van der Waals surface area contributed by atoms with Crippen molar-refractivity contribution in [3.8, 4) is 11.5 Å². The molecule has 1 unspecified atom stereocenters. The lowest BCUT2D eigenvalue weighted by Gasteiger charge is -2.38. The fourth-order valence-corrected chi connectivity index (χ4v) is 5.12. The van der Waals surface area contributed by atoms with Gasteiger partial charge in [0.25, 0.3) is 0 Å². The summed E-state index contributed by atoms with van der Waals surface area (Å²) in [6.45, 7) is 0.151. The van der Waals surface area contributed by atoms with Crippen molar-refractivity contribution in [1.82, 2.24) is 10.6 Å². The van der Waals surface area contributed by atoms with Crippen molar-refractivity contribution in [1.29, 1.82) is 0 Å². The number of unbranched alkanes of at least 4 members (excludes halogenated alkanes) is 3. The second-order valence-electron chi connectivity index (χ2n) is 10.2. The third-order valence-corrected chi connectivity index (χ3v) is 8.29. The van der Waals surface area contributed by atoms with Crippen molar-refractivity contribution < 1.29 is 34.0 Å². The van der Waals surface area contributed by atoms with Crippen LogP contribution in [0.5, 0.6) is 11.5 Å². The third-order valence-electron chi connectivity index (χ3n) is 7.35. The molecule has 0 aliphatic heterocycles. The van der Waals surface area contributed by atoms with Crippen LogP contribution in [0.25, 0.3) is 0 Å². The molecule has 0 fully saturated rings. The zero-order chi connectivity index (χ0) is 32.0. The molecule has 0 aliphatic carbocycles. The van der Waals surface area contributed by atoms with Crippen LogP contribution in [0.3, 0.4) is 0 Å². The molecule has 0 aliphatic rings. The molecule has 0 radical (unpaired) electrons. The number of aliphatic hydroxyl groups excluding tert-OH is 1. The Kier molecular flexibility index (Phi) is 13.6. The van der Waals surface area contributed by atoms with E-state index < -0.39 is 27.9 Å². The van der Waals surface area contributed by atoms with Crippen LogP contribution in [0.15, 0.2) is 78.9 Å². The number of ether oxygens (including phenoxy) is 3. The first-order valence-corrected chi connectivity index (χ1v) is 15.2. The monoisotopic (exact) mass is 646 g/mol. The highest BCUT2D eigenvalue weighted by atomic mass is 35.5. The summed E-state index contributed by atoms with van der Waals surface area (Å²) < 4.78 is 15.3. The lowest BCUT2D eigenvalue weighted by atomic mass is 9.79. The van der Waals surface area contributed by atoms with Crippen molar-refractivity contribution in [2.75, 3.05) is 40.5 Å². The number of amides is 2. The number of rotatable bonds is 18.